The molecule has 0 saturated carbocycles. The molecule has 0 radical (unpaired) electrons. The Hall–Kier alpha value is -1.98. The standard InChI is InChI=1S/C11H15N3O3/c1-2-17-10(15)4-3-5-14-11(16)9-6-12-8-13-7-9/h6-8H,2-5H2,1H3,(H,14,16). The van der Waals surface area contributed by atoms with Gasteiger partial charge in [0.15, 0.2) is 0 Å². The maximum Gasteiger partial charge on any atom is 0.305 e. The number of nitrogens with zero attached hydrogens (tertiary/aromatic N) is 2. The van der Waals surface area contributed by atoms with Crippen molar-refractivity contribution >= 4 is 11.9 Å². The van der Waals surface area contributed by atoms with E-state index in [2.05, 4.69) is 15.3 Å². The zero-order chi connectivity index (χ0) is 12.5. The number of carbonyl (C=O) groups excluding carboxylic acids is 2. The van der Waals surface area contributed by atoms with Gasteiger partial charge in [0, 0.05) is 25.4 Å². The van der Waals surface area contributed by atoms with Crippen LogP contribution in [0.2, 0.25) is 0 Å². The van der Waals surface area contributed by atoms with Crippen molar-refractivity contribution in [3.05, 3.63) is 24.3 Å². The van der Waals surface area contributed by atoms with Crippen LogP contribution in [0, 0.1) is 0 Å². The smallest absolute Gasteiger partial charge is 0.305 e. The number of nitrogens with one attached hydrogen (secondary N) is 1. The fourth-order valence-corrected chi connectivity index (χ4v) is 1.19. The van der Waals surface area contributed by atoms with E-state index >= 15 is 0 Å². The lowest BCUT2D eigenvalue weighted by molar-refractivity contribution is -0.143. The van der Waals surface area contributed by atoms with Gasteiger partial charge >= 0.3 is 5.97 Å². The van der Waals surface area contributed by atoms with Crippen molar-refractivity contribution < 1.29 is 14.3 Å². The van der Waals surface area contributed by atoms with E-state index in [1.54, 1.807) is 6.92 Å². The highest BCUT2D eigenvalue weighted by atomic mass is 16.5. The van der Waals surface area contributed by atoms with Crippen LogP contribution in [0.4, 0.5) is 0 Å². The minimum atomic E-state index is -0.246. The van der Waals surface area contributed by atoms with Crippen LogP contribution in [0.3, 0.4) is 0 Å². The lowest BCUT2D eigenvalue weighted by atomic mass is 10.3. The number of ether oxygens (including phenoxy) is 1. The summed E-state index contributed by atoms with van der Waals surface area (Å²) in [7, 11) is 0. The van der Waals surface area contributed by atoms with Crippen molar-refractivity contribution in [1.29, 1.82) is 0 Å². The van der Waals surface area contributed by atoms with E-state index < -0.39 is 0 Å². The number of rotatable bonds is 6. The van der Waals surface area contributed by atoms with Gasteiger partial charge in [-0.3, -0.25) is 9.59 Å². The molecule has 92 valence electrons. The largest absolute Gasteiger partial charge is 0.466 e. The molecule has 17 heavy (non-hydrogen) atoms. The second-order valence-corrected chi connectivity index (χ2v) is 3.29. The molecule has 6 heteroatoms. The highest BCUT2D eigenvalue weighted by Crippen LogP contribution is 1.94. The predicted molar refractivity (Wildman–Crippen MR) is 60.2 cm³/mol. The summed E-state index contributed by atoms with van der Waals surface area (Å²) in [4.78, 5) is 30.0. The summed E-state index contributed by atoms with van der Waals surface area (Å²) in [6, 6.07) is 0. The fourth-order valence-electron chi connectivity index (χ4n) is 1.19. The van der Waals surface area contributed by atoms with Crippen molar-refractivity contribution in [1.82, 2.24) is 15.3 Å². The van der Waals surface area contributed by atoms with E-state index in [-0.39, 0.29) is 11.9 Å². The molecule has 0 fully saturated rings. The molecule has 1 aromatic rings. The Morgan fingerprint density at radius 1 is 1.35 bits per heavy atom. The molecule has 1 aromatic heterocycles. The van der Waals surface area contributed by atoms with E-state index in [0.717, 1.165) is 0 Å². The van der Waals surface area contributed by atoms with Gasteiger partial charge in [-0.25, -0.2) is 9.97 Å². The van der Waals surface area contributed by atoms with Crippen LogP contribution in [0.15, 0.2) is 18.7 Å². The number of aromatic nitrogens is 2. The van der Waals surface area contributed by atoms with Gasteiger partial charge in [-0.2, -0.15) is 0 Å². The highest BCUT2D eigenvalue weighted by Gasteiger charge is 2.05. The zero-order valence-corrected chi connectivity index (χ0v) is 9.68. The lowest BCUT2D eigenvalue weighted by Gasteiger charge is -2.04. The first-order valence-electron chi connectivity index (χ1n) is 5.43. The van der Waals surface area contributed by atoms with E-state index in [1.807, 2.05) is 0 Å². The molecule has 0 bridgehead atoms. The van der Waals surface area contributed by atoms with Crippen molar-refractivity contribution in [2.24, 2.45) is 0 Å². The number of hydrogen-bond donors (Lipinski definition) is 1. The summed E-state index contributed by atoms with van der Waals surface area (Å²) >= 11 is 0. The Labute approximate surface area is 99.4 Å². The second kappa shape index (κ2) is 7.32. The molecule has 0 aliphatic carbocycles. The zero-order valence-electron chi connectivity index (χ0n) is 9.68. The molecule has 0 saturated heterocycles. The van der Waals surface area contributed by atoms with Gasteiger partial charge in [0.05, 0.1) is 12.2 Å². The summed E-state index contributed by atoms with van der Waals surface area (Å²) in [6.07, 6.45) is 5.09. The Kier molecular flexibility index (Phi) is 5.63. The maximum atomic E-state index is 11.5. The van der Waals surface area contributed by atoms with Crippen molar-refractivity contribution in [2.45, 2.75) is 19.8 Å². The van der Waals surface area contributed by atoms with Crippen molar-refractivity contribution in [3.8, 4) is 0 Å². The summed E-state index contributed by atoms with van der Waals surface area (Å²) in [5.74, 6) is -0.487. The fraction of sp³-hybridized carbons (Fsp3) is 0.455. The minimum Gasteiger partial charge on any atom is -0.466 e. The Balaban J connectivity index is 2.19. The molecular weight excluding hydrogens is 222 g/mol. The first kappa shape index (κ1) is 13.1. The lowest BCUT2D eigenvalue weighted by Crippen LogP contribution is -2.25. The molecule has 0 spiro atoms. The first-order chi connectivity index (χ1) is 8.24. The van der Waals surface area contributed by atoms with Crippen LogP contribution in [0.25, 0.3) is 0 Å². The molecule has 0 aliphatic heterocycles. The summed E-state index contributed by atoms with van der Waals surface area (Å²) < 4.78 is 4.76. The van der Waals surface area contributed by atoms with Crippen LogP contribution < -0.4 is 5.32 Å². The molecule has 0 unspecified atom stereocenters. The van der Waals surface area contributed by atoms with Crippen molar-refractivity contribution in [3.63, 3.8) is 0 Å². The molecule has 1 N–H and O–H groups in total. The van der Waals surface area contributed by atoms with Crippen LogP contribution in [-0.2, 0) is 9.53 Å². The number of esters is 1. The minimum absolute atomic E-state index is 0.241. The van der Waals surface area contributed by atoms with Gasteiger partial charge < -0.3 is 10.1 Å². The maximum absolute atomic E-state index is 11.5. The van der Waals surface area contributed by atoms with Crippen LogP contribution in [0.5, 0.6) is 0 Å². The topological polar surface area (TPSA) is 81.2 Å². The highest BCUT2D eigenvalue weighted by molar-refractivity contribution is 5.93. The molecule has 0 atom stereocenters. The normalized spacial score (nSPS) is 9.71. The number of carbonyl (C=O) groups is 2. The van der Waals surface area contributed by atoms with Gasteiger partial charge in [-0.1, -0.05) is 0 Å². The molecule has 0 aromatic carbocycles. The molecular formula is C11H15N3O3. The number of hydrogen-bond acceptors (Lipinski definition) is 5. The third kappa shape index (κ3) is 5.05. The Morgan fingerprint density at radius 3 is 2.71 bits per heavy atom. The van der Waals surface area contributed by atoms with E-state index in [4.69, 9.17) is 4.74 Å². The first-order valence-corrected chi connectivity index (χ1v) is 5.43. The van der Waals surface area contributed by atoms with E-state index in [0.29, 0.717) is 31.6 Å². The molecule has 6 nitrogen and oxygen atoms in total. The average molecular weight is 237 g/mol. The second-order valence-electron chi connectivity index (χ2n) is 3.29. The average Bonchev–Trinajstić information content (AvgIpc) is 2.36. The quantitative estimate of drug-likeness (QED) is 0.577. The SMILES string of the molecule is CCOC(=O)CCCNC(=O)c1cncnc1. The molecule has 1 amide bonds. The molecule has 1 heterocycles. The molecule has 0 aliphatic rings. The predicted octanol–water partition coefficient (Wildman–Crippen LogP) is 0.550. The van der Waals surface area contributed by atoms with Gasteiger partial charge in [-0.05, 0) is 13.3 Å². The third-order valence-electron chi connectivity index (χ3n) is 1.97. The van der Waals surface area contributed by atoms with Gasteiger partial charge in [0.2, 0.25) is 0 Å². The van der Waals surface area contributed by atoms with E-state index in [1.165, 1.54) is 18.7 Å². The monoisotopic (exact) mass is 237 g/mol. The van der Waals surface area contributed by atoms with Crippen LogP contribution in [0.1, 0.15) is 30.1 Å². The summed E-state index contributed by atoms with van der Waals surface area (Å²) in [5.41, 5.74) is 0.406. The number of amides is 1. The Morgan fingerprint density at radius 2 is 2.06 bits per heavy atom. The summed E-state index contributed by atoms with van der Waals surface area (Å²) in [5, 5.41) is 2.67. The van der Waals surface area contributed by atoms with Crippen LogP contribution >= 0.6 is 0 Å². The summed E-state index contributed by atoms with van der Waals surface area (Å²) in [6.45, 7) is 2.56. The van der Waals surface area contributed by atoms with Crippen molar-refractivity contribution in [2.75, 3.05) is 13.2 Å². The Bertz CT molecular complexity index is 367. The van der Waals surface area contributed by atoms with Gasteiger partial charge in [0.1, 0.15) is 6.33 Å². The third-order valence-corrected chi connectivity index (χ3v) is 1.97. The van der Waals surface area contributed by atoms with Gasteiger partial charge in [-0.15, -0.1) is 0 Å². The molecule has 1 rings (SSSR count). The van der Waals surface area contributed by atoms with Gasteiger partial charge in [0.25, 0.3) is 5.91 Å². The van der Waals surface area contributed by atoms with Crippen LogP contribution in [-0.4, -0.2) is 35.0 Å². The van der Waals surface area contributed by atoms with E-state index in [9.17, 15) is 9.59 Å².